The number of nitrogens with one attached hydrogen (secondary N) is 1. The lowest BCUT2D eigenvalue weighted by molar-refractivity contribution is -0.143. The summed E-state index contributed by atoms with van der Waals surface area (Å²) in [4.78, 5) is 11.6. The van der Waals surface area contributed by atoms with E-state index in [1.54, 1.807) is 6.07 Å². The molecule has 0 saturated heterocycles. The number of halogens is 1. The molecule has 2 N–H and O–H groups in total. The Morgan fingerprint density at radius 1 is 1.29 bits per heavy atom. The lowest BCUT2D eigenvalue weighted by atomic mass is 9.86. The summed E-state index contributed by atoms with van der Waals surface area (Å²) >= 11 is 6.01. The third-order valence-corrected chi connectivity index (χ3v) is 5.49. The summed E-state index contributed by atoms with van der Waals surface area (Å²) in [6.07, 6.45) is 3.56. The molecule has 0 unspecified atom stereocenters. The summed E-state index contributed by atoms with van der Waals surface area (Å²) in [5, 5.41) is 14.6. The van der Waals surface area contributed by atoms with Gasteiger partial charge in [-0.25, -0.2) is 0 Å². The van der Waals surface area contributed by atoms with Crippen molar-refractivity contribution in [1.29, 1.82) is 0 Å². The van der Waals surface area contributed by atoms with Gasteiger partial charge in [0.05, 0.1) is 12.7 Å². The van der Waals surface area contributed by atoms with Crippen molar-refractivity contribution in [1.82, 2.24) is 5.32 Å². The average Bonchev–Trinajstić information content (AvgIpc) is 2.70. The second kappa shape index (κ2) is 10.1. The molecule has 0 spiro atoms. The number of carbonyl (C=O) groups excluding carboxylic acids is 1. The Balaban J connectivity index is 1.54. The molecule has 2 aromatic rings. The van der Waals surface area contributed by atoms with E-state index in [0.717, 1.165) is 24.8 Å². The van der Waals surface area contributed by atoms with Crippen LogP contribution >= 0.6 is 11.6 Å². The van der Waals surface area contributed by atoms with Crippen LogP contribution < -0.4 is 5.32 Å². The van der Waals surface area contributed by atoms with E-state index in [1.807, 2.05) is 25.1 Å². The Morgan fingerprint density at radius 3 is 2.93 bits per heavy atom. The molecule has 3 rings (SSSR count). The number of aryl methyl sites for hydroxylation is 2. The minimum absolute atomic E-state index is 0.144. The molecule has 0 amide bonds. The number of ether oxygens (including phenoxy) is 1. The maximum atomic E-state index is 11.6. The summed E-state index contributed by atoms with van der Waals surface area (Å²) in [7, 11) is 0. The van der Waals surface area contributed by atoms with Gasteiger partial charge in [-0.15, -0.1) is 0 Å². The number of aliphatic hydroxyl groups excluding tert-OH is 1. The quantitative estimate of drug-likeness (QED) is 0.656. The van der Waals surface area contributed by atoms with Crippen molar-refractivity contribution in [3.63, 3.8) is 0 Å². The number of fused-ring (bicyclic) bond motifs is 1. The van der Waals surface area contributed by atoms with Crippen LogP contribution in [-0.2, 0) is 28.8 Å². The van der Waals surface area contributed by atoms with Gasteiger partial charge in [-0.05, 0) is 67.0 Å². The van der Waals surface area contributed by atoms with Crippen LogP contribution in [0.15, 0.2) is 42.5 Å². The van der Waals surface area contributed by atoms with E-state index in [1.165, 1.54) is 16.7 Å². The first kappa shape index (κ1) is 20.8. The fourth-order valence-electron chi connectivity index (χ4n) is 3.73. The monoisotopic (exact) mass is 401 g/mol. The van der Waals surface area contributed by atoms with E-state index in [9.17, 15) is 9.90 Å². The predicted octanol–water partition coefficient (Wildman–Crippen LogP) is 4.02. The zero-order chi connectivity index (χ0) is 19.9. The van der Waals surface area contributed by atoms with Gasteiger partial charge in [-0.2, -0.15) is 0 Å². The standard InChI is InChI=1S/C23H28ClNO3/c1-2-28-23(27)11-7-16-6-8-17-9-10-21(14-19(17)12-16)25-15-22(26)18-4-3-5-20(24)13-18/h3-6,8,12-13,21-22,25-26H,2,7,9-11,14-15H2,1H3/t21-,22+/m0/s1. The second-order valence-corrected chi connectivity index (χ2v) is 7.76. The molecule has 4 nitrogen and oxygen atoms in total. The fraction of sp³-hybridized carbons (Fsp3) is 0.435. The van der Waals surface area contributed by atoms with Crippen molar-refractivity contribution in [3.8, 4) is 0 Å². The van der Waals surface area contributed by atoms with Gasteiger partial charge in [0, 0.05) is 24.0 Å². The van der Waals surface area contributed by atoms with Crippen LogP contribution in [0.1, 0.15) is 48.1 Å². The van der Waals surface area contributed by atoms with E-state index in [-0.39, 0.29) is 5.97 Å². The van der Waals surface area contributed by atoms with Crippen LogP contribution in [0.5, 0.6) is 0 Å². The maximum Gasteiger partial charge on any atom is 0.306 e. The van der Waals surface area contributed by atoms with Gasteiger partial charge >= 0.3 is 5.97 Å². The van der Waals surface area contributed by atoms with E-state index < -0.39 is 6.10 Å². The van der Waals surface area contributed by atoms with Crippen LogP contribution in [0.25, 0.3) is 0 Å². The second-order valence-electron chi connectivity index (χ2n) is 7.33. The summed E-state index contributed by atoms with van der Waals surface area (Å²) in [6.45, 7) is 2.76. The van der Waals surface area contributed by atoms with Gasteiger partial charge < -0.3 is 15.2 Å². The van der Waals surface area contributed by atoms with Crippen molar-refractivity contribution < 1.29 is 14.6 Å². The molecular formula is C23H28ClNO3. The number of carbonyl (C=O) groups is 1. The van der Waals surface area contributed by atoms with Crippen LogP contribution in [0.2, 0.25) is 5.02 Å². The smallest absolute Gasteiger partial charge is 0.306 e. The first-order chi connectivity index (χ1) is 13.5. The summed E-state index contributed by atoms with van der Waals surface area (Å²) in [6, 6.07) is 14.2. The molecule has 150 valence electrons. The number of rotatable bonds is 8. The predicted molar refractivity (Wildman–Crippen MR) is 112 cm³/mol. The first-order valence-corrected chi connectivity index (χ1v) is 10.4. The number of hydrogen-bond acceptors (Lipinski definition) is 4. The Labute approximate surface area is 171 Å². The minimum atomic E-state index is -0.573. The lowest BCUT2D eigenvalue weighted by Crippen LogP contribution is -2.37. The summed E-state index contributed by atoms with van der Waals surface area (Å²) in [5.41, 5.74) is 4.72. The highest BCUT2D eigenvalue weighted by molar-refractivity contribution is 6.30. The van der Waals surface area contributed by atoms with E-state index in [2.05, 4.69) is 23.5 Å². The highest BCUT2D eigenvalue weighted by Crippen LogP contribution is 2.24. The highest BCUT2D eigenvalue weighted by atomic mass is 35.5. The maximum absolute atomic E-state index is 11.6. The molecule has 5 heteroatoms. The molecule has 1 aliphatic rings. The minimum Gasteiger partial charge on any atom is -0.466 e. The largest absolute Gasteiger partial charge is 0.466 e. The number of esters is 1. The van der Waals surface area contributed by atoms with E-state index >= 15 is 0 Å². The molecule has 1 aliphatic carbocycles. The first-order valence-electron chi connectivity index (χ1n) is 9.98. The van der Waals surface area contributed by atoms with Crippen LogP contribution in [0.4, 0.5) is 0 Å². The van der Waals surface area contributed by atoms with Gasteiger partial charge in [0.2, 0.25) is 0 Å². The Bertz CT molecular complexity index is 808. The third-order valence-electron chi connectivity index (χ3n) is 5.26. The van der Waals surface area contributed by atoms with Crippen LogP contribution in [-0.4, -0.2) is 30.3 Å². The zero-order valence-corrected chi connectivity index (χ0v) is 17.0. The molecule has 0 heterocycles. The molecule has 0 aromatic heterocycles. The van der Waals surface area contributed by atoms with Gasteiger partial charge in [0.1, 0.15) is 0 Å². The van der Waals surface area contributed by atoms with Crippen molar-refractivity contribution in [3.05, 3.63) is 69.7 Å². The van der Waals surface area contributed by atoms with Crippen molar-refractivity contribution in [2.24, 2.45) is 0 Å². The van der Waals surface area contributed by atoms with Crippen LogP contribution in [0, 0.1) is 0 Å². The SMILES string of the molecule is CCOC(=O)CCc1ccc2c(c1)C[C@@H](NC[C@@H](O)c1cccc(Cl)c1)CC2. The van der Waals surface area contributed by atoms with E-state index in [0.29, 0.717) is 37.1 Å². The van der Waals surface area contributed by atoms with Gasteiger partial charge in [0.15, 0.2) is 0 Å². The number of benzene rings is 2. The topological polar surface area (TPSA) is 58.6 Å². The molecule has 0 aliphatic heterocycles. The summed E-state index contributed by atoms with van der Waals surface area (Å²) in [5.74, 6) is -0.144. The molecule has 0 radical (unpaired) electrons. The number of hydrogen-bond donors (Lipinski definition) is 2. The Kier molecular flexibility index (Phi) is 7.49. The molecule has 2 atom stereocenters. The van der Waals surface area contributed by atoms with Gasteiger partial charge in [0.25, 0.3) is 0 Å². The van der Waals surface area contributed by atoms with Crippen molar-refractivity contribution in [2.45, 2.75) is 51.2 Å². The Morgan fingerprint density at radius 2 is 2.14 bits per heavy atom. The fourth-order valence-corrected chi connectivity index (χ4v) is 3.93. The van der Waals surface area contributed by atoms with Crippen molar-refractivity contribution in [2.75, 3.05) is 13.2 Å². The lowest BCUT2D eigenvalue weighted by Gasteiger charge is -2.27. The Hall–Kier alpha value is -1.88. The normalized spacial score (nSPS) is 17.0. The zero-order valence-electron chi connectivity index (χ0n) is 16.3. The molecule has 28 heavy (non-hydrogen) atoms. The molecule has 0 saturated carbocycles. The van der Waals surface area contributed by atoms with Crippen LogP contribution in [0.3, 0.4) is 0 Å². The molecule has 0 fully saturated rings. The summed E-state index contributed by atoms with van der Waals surface area (Å²) < 4.78 is 5.01. The highest BCUT2D eigenvalue weighted by Gasteiger charge is 2.20. The van der Waals surface area contributed by atoms with E-state index in [4.69, 9.17) is 16.3 Å². The number of aliphatic hydroxyl groups is 1. The molecule has 2 aromatic carbocycles. The van der Waals surface area contributed by atoms with Crippen molar-refractivity contribution >= 4 is 17.6 Å². The molecular weight excluding hydrogens is 374 g/mol. The average molecular weight is 402 g/mol. The molecule has 0 bridgehead atoms. The third kappa shape index (κ3) is 5.81. The van der Waals surface area contributed by atoms with Gasteiger partial charge in [-0.3, -0.25) is 4.79 Å². The van der Waals surface area contributed by atoms with Gasteiger partial charge in [-0.1, -0.05) is 41.9 Å².